The van der Waals surface area contributed by atoms with E-state index in [1.165, 1.54) is 0 Å². The molecule has 0 aromatic carbocycles. The van der Waals surface area contributed by atoms with E-state index in [2.05, 4.69) is 4.99 Å². The van der Waals surface area contributed by atoms with Gasteiger partial charge in [0.1, 0.15) is 5.04 Å². The monoisotopic (exact) mass is 145 g/mol. The van der Waals surface area contributed by atoms with Crippen LogP contribution in [0.4, 0.5) is 0 Å². The van der Waals surface area contributed by atoms with Crippen LogP contribution in [0.25, 0.3) is 0 Å². The van der Waals surface area contributed by atoms with Crippen LogP contribution >= 0.6 is 11.8 Å². The summed E-state index contributed by atoms with van der Waals surface area (Å²) in [6.07, 6.45) is -0.113. The number of ether oxygens (including phenoxy) is 2. The Hall–Kier alpha value is -0.0600. The quantitative estimate of drug-likeness (QED) is 0.537. The average Bonchev–Trinajstić information content (AvgIpc) is 2.11. The summed E-state index contributed by atoms with van der Waals surface area (Å²) in [5.74, 6) is 1.08. The highest BCUT2D eigenvalue weighted by molar-refractivity contribution is 8.14. The number of thioether (sulfide) groups is 1. The Balaban J connectivity index is 1.95. The van der Waals surface area contributed by atoms with Crippen LogP contribution in [0.3, 0.4) is 0 Å². The number of hydrogen-bond acceptors (Lipinski definition) is 4. The van der Waals surface area contributed by atoms with Gasteiger partial charge in [-0.15, -0.1) is 11.8 Å². The summed E-state index contributed by atoms with van der Waals surface area (Å²) in [4.78, 5) is 4.19. The van der Waals surface area contributed by atoms with Crippen molar-refractivity contribution in [2.24, 2.45) is 4.99 Å². The Morgan fingerprint density at radius 1 is 1.56 bits per heavy atom. The molecule has 50 valence electrons. The van der Waals surface area contributed by atoms with Gasteiger partial charge in [-0.3, -0.25) is 4.99 Å². The molecule has 2 heterocycles. The third-order valence-corrected chi connectivity index (χ3v) is 2.25. The molecule has 0 radical (unpaired) electrons. The van der Waals surface area contributed by atoms with Crippen molar-refractivity contribution in [3.63, 3.8) is 0 Å². The van der Waals surface area contributed by atoms with Gasteiger partial charge in [0, 0.05) is 12.3 Å². The second-order valence-electron chi connectivity index (χ2n) is 1.85. The Bertz CT molecular complexity index is 144. The van der Waals surface area contributed by atoms with E-state index in [1.54, 1.807) is 11.8 Å². The summed E-state index contributed by atoms with van der Waals surface area (Å²) in [7, 11) is 0. The molecule has 0 bridgehead atoms. The minimum Gasteiger partial charge on any atom is -0.320 e. The maximum Gasteiger partial charge on any atom is 0.211 e. The Morgan fingerprint density at radius 2 is 2.44 bits per heavy atom. The Morgan fingerprint density at radius 3 is 2.89 bits per heavy atom. The Labute approximate surface area is 57.4 Å². The fourth-order valence-corrected chi connectivity index (χ4v) is 1.62. The molecule has 0 aromatic rings. The van der Waals surface area contributed by atoms with Crippen molar-refractivity contribution in [1.82, 2.24) is 0 Å². The minimum absolute atomic E-state index is 0.113. The maximum atomic E-state index is 5.04. The van der Waals surface area contributed by atoms with Gasteiger partial charge in [-0.2, -0.15) is 0 Å². The molecule has 0 N–H and O–H groups in total. The Kier molecular flexibility index (Phi) is 1.45. The van der Waals surface area contributed by atoms with Crippen molar-refractivity contribution in [2.75, 3.05) is 19.1 Å². The minimum atomic E-state index is -0.113. The summed E-state index contributed by atoms with van der Waals surface area (Å²) in [6, 6.07) is 0. The first-order chi connectivity index (χ1) is 4.47. The molecule has 4 heteroatoms. The van der Waals surface area contributed by atoms with Gasteiger partial charge in [-0.05, 0) is 0 Å². The highest BCUT2D eigenvalue weighted by atomic mass is 32.2. The van der Waals surface area contributed by atoms with Crippen LogP contribution in [0.2, 0.25) is 0 Å². The van der Waals surface area contributed by atoms with E-state index in [9.17, 15) is 0 Å². The molecule has 0 spiro atoms. The molecule has 2 aliphatic heterocycles. The predicted octanol–water partition coefficient (Wildman–Crippen LogP) is 0.462. The third-order valence-electron chi connectivity index (χ3n) is 1.25. The van der Waals surface area contributed by atoms with E-state index in [0.29, 0.717) is 6.79 Å². The molecule has 3 nitrogen and oxygen atoms in total. The summed E-state index contributed by atoms with van der Waals surface area (Å²) >= 11 is 1.73. The molecule has 9 heavy (non-hydrogen) atoms. The van der Waals surface area contributed by atoms with Crippen molar-refractivity contribution in [2.45, 2.75) is 6.29 Å². The molecular weight excluding hydrogens is 138 g/mol. The number of aliphatic imine (C=N–C) groups is 1. The largest absolute Gasteiger partial charge is 0.320 e. The lowest BCUT2D eigenvalue weighted by Crippen LogP contribution is -2.35. The summed E-state index contributed by atoms with van der Waals surface area (Å²) < 4.78 is 10.1. The van der Waals surface area contributed by atoms with Crippen molar-refractivity contribution < 1.29 is 9.47 Å². The van der Waals surface area contributed by atoms with E-state index in [0.717, 1.165) is 17.3 Å². The molecule has 1 saturated heterocycles. The lowest BCUT2D eigenvalue weighted by atomic mass is 10.6. The zero-order valence-corrected chi connectivity index (χ0v) is 5.69. The van der Waals surface area contributed by atoms with E-state index < -0.39 is 0 Å². The van der Waals surface area contributed by atoms with Crippen LogP contribution in [0.5, 0.6) is 0 Å². The second kappa shape index (κ2) is 2.28. The lowest BCUT2D eigenvalue weighted by molar-refractivity contribution is -0.283. The van der Waals surface area contributed by atoms with Crippen molar-refractivity contribution >= 4 is 16.8 Å². The van der Waals surface area contributed by atoms with Crippen LogP contribution in [0.15, 0.2) is 4.99 Å². The first-order valence-corrected chi connectivity index (χ1v) is 3.86. The van der Waals surface area contributed by atoms with Gasteiger partial charge < -0.3 is 9.47 Å². The zero-order chi connectivity index (χ0) is 6.10. The standard InChI is InChI=1S/C5H7NO2S/c1-2-9-4(6-1)5-7-3-8-5/h5H,1-3H2. The third kappa shape index (κ3) is 0.976. The van der Waals surface area contributed by atoms with Gasteiger partial charge in [0.05, 0.1) is 0 Å². The SMILES string of the molecule is C1CSC(C2OCO2)=N1. The molecule has 0 amide bonds. The summed E-state index contributed by atoms with van der Waals surface area (Å²) in [6.45, 7) is 1.35. The molecule has 0 atom stereocenters. The fourth-order valence-electron chi connectivity index (χ4n) is 0.773. The van der Waals surface area contributed by atoms with Gasteiger partial charge in [-0.1, -0.05) is 0 Å². The topological polar surface area (TPSA) is 30.8 Å². The van der Waals surface area contributed by atoms with Gasteiger partial charge >= 0.3 is 0 Å². The molecule has 0 aliphatic carbocycles. The smallest absolute Gasteiger partial charge is 0.211 e. The number of rotatable bonds is 1. The molecule has 0 unspecified atom stereocenters. The summed E-state index contributed by atoms with van der Waals surface area (Å²) in [5.41, 5.74) is 0. The van der Waals surface area contributed by atoms with E-state index in [-0.39, 0.29) is 6.29 Å². The molecule has 0 saturated carbocycles. The van der Waals surface area contributed by atoms with Crippen LogP contribution in [-0.4, -0.2) is 30.4 Å². The molecule has 1 fully saturated rings. The van der Waals surface area contributed by atoms with Crippen LogP contribution in [0, 0.1) is 0 Å². The first kappa shape index (κ1) is 5.70. The average molecular weight is 145 g/mol. The van der Waals surface area contributed by atoms with E-state index in [4.69, 9.17) is 9.47 Å². The van der Waals surface area contributed by atoms with Crippen LogP contribution in [-0.2, 0) is 9.47 Å². The van der Waals surface area contributed by atoms with Gasteiger partial charge in [0.15, 0.2) is 6.79 Å². The van der Waals surface area contributed by atoms with Gasteiger partial charge in [0.25, 0.3) is 0 Å². The normalized spacial score (nSPS) is 27.8. The van der Waals surface area contributed by atoms with Crippen LogP contribution in [0.1, 0.15) is 0 Å². The van der Waals surface area contributed by atoms with Crippen molar-refractivity contribution in [3.05, 3.63) is 0 Å². The van der Waals surface area contributed by atoms with Gasteiger partial charge in [-0.25, -0.2) is 0 Å². The summed E-state index contributed by atoms with van der Waals surface area (Å²) in [5, 5.41) is 1.02. The number of nitrogens with zero attached hydrogens (tertiary/aromatic N) is 1. The van der Waals surface area contributed by atoms with Crippen LogP contribution < -0.4 is 0 Å². The molecule has 2 aliphatic rings. The molecular formula is C5H7NO2S. The number of hydrogen-bond donors (Lipinski definition) is 0. The first-order valence-electron chi connectivity index (χ1n) is 2.87. The maximum absolute atomic E-state index is 5.04. The van der Waals surface area contributed by atoms with E-state index in [1.807, 2.05) is 0 Å². The highest BCUT2D eigenvalue weighted by Gasteiger charge is 2.27. The zero-order valence-electron chi connectivity index (χ0n) is 4.87. The fraction of sp³-hybridized carbons (Fsp3) is 0.800. The molecule has 2 rings (SSSR count). The van der Waals surface area contributed by atoms with Crippen molar-refractivity contribution in [1.29, 1.82) is 0 Å². The molecule has 0 aromatic heterocycles. The lowest BCUT2D eigenvalue weighted by Gasteiger charge is -2.25. The second-order valence-corrected chi connectivity index (χ2v) is 2.97. The predicted molar refractivity (Wildman–Crippen MR) is 35.6 cm³/mol. The highest BCUT2D eigenvalue weighted by Crippen LogP contribution is 2.21. The van der Waals surface area contributed by atoms with E-state index >= 15 is 0 Å². The van der Waals surface area contributed by atoms with Crippen molar-refractivity contribution in [3.8, 4) is 0 Å². The van der Waals surface area contributed by atoms with Gasteiger partial charge in [0.2, 0.25) is 6.29 Å².